The third-order valence-electron chi connectivity index (χ3n) is 3.95. The Balaban J connectivity index is 2.03. The summed E-state index contributed by atoms with van der Waals surface area (Å²) in [6, 6.07) is 4.65. The summed E-state index contributed by atoms with van der Waals surface area (Å²) in [6.07, 6.45) is 1.52. The number of halogens is 1. The second-order valence-corrected chi connectivity index (χ2v) is 5.80. The molecule has 1 atom stereocenters. The van der Waals surface area contributed by atoms with E-state index in [9.17, 15) is 18.8 Å². The predicted molar refractivity (Wildman–Crippen MR) is 85.3 cm³/mol. The second-order valence-electron chi connectivity index (χ2n) is 5.80. The maximum absolute atomic E-state index is 13.1. The van der Waals surface area contributed by atoms with Crippen molar-refractivity contribution in [1.29, 1.82) is 0 Å². The third kappa shape index (κ3) is 3.70. The number of nitrogens with zero attached hydrogens (tertiary/aromatic N) is 1. The number of rotatable bonds is 7. The number of hydrogen-bond acceptors (Lipinski definition) is 4. The van der Waals surface area contributed by atoms with Crippen LogP contribution in [0, 0.1) is 5.82 Å². The van der Waals surface area contributed by atoms with Crippen molar-refractivity contribution in [3.05, 3.63) is 35.6 Å². The molecule has 0 saturated carbocycles. The first-order chi connectivity index (χ1) is 11.4. The van der Waals surface area contributed by atoms with Gasteiger partial charge in [-0.3, -0.25) is 14.5 Å². The Labute approximate surface area is 139 Å². The number of unbranched alkanes of at least 4 members (excludes halogenated alkanes) is 1. The first kappa shape index (κ1) is 17.9. The Morgan fingerprint density at radius 2 is 1.96 bits per heavy atom. The van der Waals surface area contributed by atoms with Gasteiger partial charge in [-0.25, -0.2) is 9.18 Å². The highest BCUT2D eigenvalue weighted by molar-refractivity contribution is 6.09. The molecule has 0 bridgehead atoms. The van der Waals surface area contributed by atoms with Crippen molar-refractivity contribution >= 4 is 17.8 Å². The molecular formula is C16H21FN4O3. The van der Waals surface area contributed by atoms with E-state index in [0.29, 0.717) is 18.7 Å². The molecule has 4 N–H and O–H groups in total. The van der Waals surface area contributed by atoms with Gasteiger partial charge in [0, 0.05) is 6.54 Å². The predicted octanol–water partition coefficient (Wildman–Crippen LogP) is 0.448. The molecule has 24 heavy (non-hydrogen) atoms. The van der Waals surface area contributed by atoms with Crippen LogP contribution in [0.4, 0.5) is 9.18 Å². The summed E-state index contributed by atoms with van der Waals surface area (Å²) in [5.41, 5.74) is 4.50. The van der Waals surface area contributed by atoms with Crippen LogP contribution in [-0.4, -0.2) is 42.4 Å². The average Bonchev–Trinajstić information content (AvgIpc) is 2.76. The topological polar surface area (TPSA) is 105 Å². The lowest BCUT2D eigenvalue weighted by atomic mass is 9.92. The van der Waals surface area contributed by atoms with Gasteiger partial charge >= 0.3 is 6.03 Å². The number of nitrogens with two attached hydrogens (primary N) is 1. The fourth-order valence-electron chi connectivity index (χ4n) is 2.52. The van der Waals surface area contributed by atoms with Crippen LogP contribution in [0.15, 0.2) is 24.3 Å². The van der Waals surface area contributed by atoms with Gasteiger partial charge < -0.3 is 16.4 Å². The Kier molecular flexibility index (Phi) is 5.50. The van der Waals surface area contributed by atoms with Crippen LogP contribution in [-0.2, 0) is 15.1 Å². The van der Waals surface area contributed by atoms with Crippen molar-refractivity contribution in [1.82, 2.24) is 15.5 Å². The largest absolute Gasteiger partial charge is 0.355 e. The van der Waals surface area contributed by atoms with E-state index < -0.39 is 29.2 Å². The molecule has 2 rings (SSSR count). The molecule has 1 aliphatic rings. The van der Waals surface area contributed by atoms with E-state index in [1.165, 1.54) is 31.2 Å². The molecule has 0 radical (unpaired) electrons. The van der Waals surface area contributed by atoms with E-state index in [-0.39, 0.29) is 6.54 Å². The van der Waals surface area contributed by atoms with Crippen LogP contribution in [0.2, 0.25) is 0 Å². The zero-order chi connectivity index (χ0) is 17.7. The van der Waals surface area contributed by atoms with Crippen LogP contribution in [0.3, 0.4) is 0 Å². The third-order valence-corrected chi connectivity index (χ3v) is 3.95. The summed E-state index contributed by atoms with van der Waals surface area (Å²) < 4.78 is 13.1. The highest BCUT2D eigenvalue weighted by atomic mass is 19.1. The molecule has 1 saturated heterocycles. The zero-order valence-corrected chi connectivity index (χ0v) is 13.5. The fraction of sp³-hybridized carbons (Fsp3) is 0.438. The van der Waals surface area contributed by atoms with Crippen LogP contribution in [0.25, 0.3) is 0 Å². The summed E-state index contributed by atoms with van der Waals surface area (Å²) in [7, 11) is 0. The van der Waals surface area contributed by atoms with Gasteiger partial charge in [0.15, 0.2) is 0 Å². The number of carbonyl (C=O) groups is 3. The Morgan fingerprint density at radius 3 is 2.58 bits per heavy atom. The lowest BCUT2D eigenvalue weighted by Crippen LogP contribution is -2.43. The molecule has 4 amide bonds. The number of carbonyl (C=O) groups excluding carboxylic acids is 3. The van der Waals surface area contributed by atoms with Gasteiger partial charge in [-0.05, 0) is 44.0 Å². The van der Waals surface area contributed by atoms with Crippen LogP contribution < -0.4 is 16.4 Å². The lowest BCUT2D eigenvalue weighted by Gasteiger charge is -2.22. The lowest BCUT2D eigenvalue weighted by molar-refractivity contribution is -0.134. The van der Waals surface area contributed by atoms with Gasteiger partial charge in [0.05, 0.1) is 0 Å². The summed E-state index contributed by atoms with van der Waals surface area (Å²) in [5, 5.41) is 5.21. The molecule has 0 aliphatic carbocycles. The minimum absolute atomic E-state index is 0.357. The molecule has 0 aromatic heterocycles. The molecular weight excluding hydrogens is 315 g/mol. The molecule has 8 heteroatoms. The molecule has 7 nitrogen and oxygen atoms in total. The standard InChI is InChI=1S/C16H21FN4O3/c1-16(11-4-6-12(17)7-5-11)14(23)21(15(24)20-16)10-13(22)19-9-3-2-8-18/h4-7H,2-3,8-10,18H2,1H3,(H,19,22)(H,20,24). The Bertz CT molecular complexity index is 635. The van der Waals surface area contributed by atoms with Gasteiger partial charge in [-0.1, -0.05) is 12.1 Å². The summed E-state index contributed by atoms with van der Waals surface area (Å²) >= 11 is 0. The number of hydrogen-bond donors (Lipinski definition) is 3. The van der Waals surface area contributed by atoms with Crippen LogP contribution in [0.5, 0.6) is 0 Å². The maximum Gasteiger partial charge on any atom is 0.325 e. The van der Waals surface area contributed by atoms with E-state index in [1.54, 1.807) is 0 Å². The Hall–Kier alpha value is -2.48. The van der Waals surface area contributed by atoms with Gasteiger partial charge in [-0.2, -0.15) is 0 Å². The van der Waals surface area contributed by atoms with Crippen molar-refractivity contribution in [2.45, 2.75) is 25.3 Å². The molecule has 1 aromatic rings. The fourth-order valence-corrected chi connectivity index (χ4v) is 2.52. The van der Waals surface area contributed by atoms with Gasteiger partial charge in [-0.15, -0.1) is 0 Å². The molecule has 1 aliphatic heterocycles. The first-order valence-corrected chi connectivity index (χ1v) is 7.75. The highest BCUT2D eigenvalue weighted by Crippen LogP contribution is 2.28. The molecule has 0 spiro atoms. The number of amides is 4. The first-order valence-electron chi connectivity index (χ1n) is 7.75. The van der Waals surface area contributed by atoms with Crippen molar-refractivity contribution in [2.75, 3.05) is 19.6 Å². The van der Waals surface area contributed by atoms with E-state index in [1.807, 2.05) is 0 Å². The van der Waals surface area contributed by atoms with Gasteiger partial charge in [0.25, 0.3) is 5.91 Å². The average molecular weight is 336 g/mol. The number of benzene rings is 1. The van der Waals surface area contributed by atoms with Crippen molar-refractivity contribution in [2.24, 2.45) is 5.73 Å². The molecule has 1 heterocycles. The molecule has 1 fully saturated rings. The monoisotopic (exact) mass is 336 g/mol. The zero-order valence-electron chi connectivity index (χ0n) is 13.5. The number of imide groups is 1. The van der Waals surface area contributed by atoms with E-state index in [0.717, 1.165) is 17.7 Å². The van der Waals surface area contributed by atoms with Crippen LogP contribution in [0.1, 0.15) is 25.3 Å². The summed E-state index contributed by atoms with van der Waals surface area (Å²) in [4.78, 5) is 37.4. The smallest absolute Gasteiger partial charge is 0.325 e. The molecule has 1 aromatic carbocycles. The summed E-state index contributed by atoms with van der Waals surface area (Å²) in [5.74, 6) is -1.40. The highest BCUT2D eigenvalue weighted by Gasteiger charge is 2.49. The second kappa shape index (κ2) is 7.39. The maximum atomic E-state index is 13.1. The normalized spacial score (nSPS) is 20.2. The number of nitrogens with one attached hydrogen (secondary N) is 2. The SMILES string of the molecule is CC1(c2ccc(F)cc2)NC(=O)N(CC(=O)NCCCCN)C1=O. The minimum atomic E-state index is -1.31. The van der Waals surface area contributed by atoms with Crippen molar-refractivity contribution < 1.29 is 18.8 Å². The Morgan fingerprint density at radius 1 is 1.29 bits per heavy atom. The molecule has 130 valence electrons. The van der Waals surface area contributed by atoms with Crippen molar-refractivity contribution in [3.8, 4) is 0 Å². The van der Waals surface area contributed by atoms with Gasteiger partial charge in [0.1, 0.15) is 17.9 Å². The number of urea groups is 1. The van der Waals surface area contributed by atoms with E-state index >= 15 is 0 Å². The minimum Gasteiger partial charge on any atom is -0.355 e. The molecule has 1 unspecified atom stereocenters. The summed E-state index contributed by atoms with van der Waals surface area (Å²) in [6.45, 7) is 2.15. The van der Waals surface area contributed by atoms with Crippen LogP contribution >= 0.6 is 0 Å². The van der Waals surface area contributed by atoms with Crippen molar-refractivity contribution in [3.63, 3.8) is 0 Å². The van der Waals surface area contributed by atoms with E-state index in [2.05, 4.69) is 10.6 Å². The quantitative estimate of drug-likeness (QED) is 0.496. The van der Waals surface area contributed by atoms with E-state index in [4.69, 9.17) is 5.73 Å². The van der Waals surface area contributed by atoms with Gasteiger partial charge in [0.2, 0.25) is 5.91 Å².